The standard InChI is InChI=1S/C16H15N3O6/c1-2-24-14(21)12-9-19(15(22)17-13(12)20)11-5-3-10(4-6-11)18-7-8-25-16(18)23/h3-6,9H,2,7-8H2,1H3,(H,17,20,22). The maximum absolute atomic E-state index is 12.0. The van der Waals surface area contributed by atoms with Crippen LogP contribution in [0.1, 0.15) is 17.3 Å². The van der Waals surface area contributed by atoms with Gasteiger partial charge in [0.05, 0.1) is 18.8 Å². The SMILES string of the molecule is CCOC(=O)c1cn(-c2ccc(N3CCOC3=O)cc2)c(=O)[nH]c1=O. The number of ether oxygens (including phenoxy) is 2. The molecule has 9 heteroatoms. The van der Waals surface area contributed by atoms with E-state index in [-0.39, 0.29) is 12.2 Å². The van der Waals surface area contributed by atoms with E-state index in [1.54, 1.807) is 31.2 Å². The Morgan fingerprint density at radius 3 is 2.48 bits per heavy atom. The van der Waals surface area contributed by atoms with E-state index in [4.69, 9.17) is 9.47 Å². The average Bonchev–Trinajstić information content (AvgIpc) is 3.01. The lowest BCUT2D eigenvalue weighted by Gasteiger charge is -2.13. The lowest BCUT2D eigenvalue weighted by atomic mass is 10.2. The van der Waals surface area contributed by atoms with Crippen molar-refractivity contribution in [2.45, 2.75) is 6.92 Å². The number of benzene rings is 1. The monoisotopic (exact) mass is 345 g/mol. The van der Waals surface area contributed by atoms with Crippen LogP contribution in [0.25, 0.3) is 5.69 Å². The molecule has 1 aliphatic rings. The lowest BCUT2D eigenvalue weighted by molar-refractivity contribution is 0.0523. The molecule has 0 bridgehead atoms. The van der Waals surface area contributed by atoms with Crippen molar-refractivity contribution in [3.8, 4) is 5.69 Å². The van der Waals surface area contributed by atoms with Crippen LogP contribution in [0.3, 0.4) is 0 Å². The summed E-state index contributed by atoms with van der Waals surface area (Å²) in [6.07, 6.45) is 0.705. The molecule has 0 unspecified atom stereocenters. The van der Waals surface area contributed by atoms with Crippen LogP contribution in [0.2, 0.25) is 0 Å². The molecule has 0 atom stereocenters. The first kappa shape index (κ1) is 16.5. The number of aromatic nitrogens is 2. The fourth-order valence-corrected chi connectivity index (χ4v) is 2.44. The smallest absolute Gasteiger partial charge is 0.414 e. The van der Waals surface area contributed by atoms with E-state index < -0.39 is 23.3 Å². The van der Waals surface area contributed by atoms with Gasteiger partial charge in [-0.1, -0.05) is 0 Å². The van der Waals surface area contributed by atoms with Gasteiger partial charge in [0.1, 0.15) is 12.2 Å². The number of nitrogens with one attached hydrogen (secondary N) is 1. The maximum Gasteiger partial charge on any atom is 0.414 e. The van der Waals surface area contributed by atoms with Crippen molar-refractivity contribution < 1.29 is 19.1 Å². The van der Waals surface area contributed by atoms with E-state index >= 15 is 0 Å². The van der Waals surface area contributed by atoms with Gasteiger partial charge in [-0.25, -0.2) is 14.4 Å². The largest absolute Gasteiger partial charge is 0.462 e. The molecule has 0 aliphatic carbocycles. The van der Waals surface area contributed by atoms with Crippen LogP contribution in [0, 0.1) is 0 Å². The quantitative estimate of drug-likeness (QED) is 0.815. The van der Waals surface area contributed by atoms with E-state index in [1.807, 2.05) is 0 Å². The van der Waals surface area contributed by atoms with Crippen molar-refractivity contribution in [1.29, 1.82) is 0 Å². The fourth-order valence-electron chi connectivity index (χ4n) is 2.44. The Labute approximate surface area is 141 Å². The van der Waals surface area contributed by atoms with Crippen LogP contribution in [0.4, 0.5) is 10.5 Å². The van der Waals surface area contributed by atoms with Gasteiger partial charge in [-0.3, -0.25) is 19.2 Å². The lowest BCUT2D eigenvalue weighted by Crippen LogP contribution is -2.33. The number of H-pyrrole nitrogens is 1. The zero-order valence-corrected chi connectivity index (χ0v) is 13.4. The molecule has 0 radical (unpaired) electrons. The zero-order valence-electron chi connectivity index (χ0n) is 13.4. The second kappa shape index (κ2) is 6.63. The molecule has 25 heavy (non-hydrogen) atoms. The number of hydrogen-bond acceptors (Lipinski definition) is 6. The Morgan fingerprint density at radius 2 is 1.88 bits per heavy atom. The molecule has 9 nitrogen and oxygen atoms in total. The highest BCUT2D eigenvalue weighted by molar-refractivity contribution is 5.89. The van der Waals surface area contributed by atoms with Crippen molar-refractivity contribution in [2.75, 3.05) is 24.7 Å². The molecule has 1 fully saturated rings. The number of rotatable bonds is 4. The number of anilines is 1. The van der Waals surface area contributed by atoms with Gasteiger partial charge in [-0.2, -0.15) is 0 Å². The fraction of sp³-hybridized carbons (Fsp3) is 0.250. The zero-order chi connectivity index (χ0) is 18.0. The second-order valence-corrected chi connectivity index (χ2v) is 5.17. The van der Waals surface area contributed by atoms with Gasteiger partial charge in [-0.15, -0.1) is 0 Å². The van der Waals surface area contributed by atoms with Crippen LogP contribution in [-0.2, 0) is 9.47 Å². The topological polar surface area (TPSA) is 111 Å². The molecular formula is C16H15N3O6. The molecule has 1 aliphatic heterocycles. The number of aromatic amines is 1. The molecule has 0 saturated carbocycles. The number of hydrogen-bond donors (Lipinski definition) is 1. The van der Waals surface area contributed by atoms with Gasteiger partial charge in [-0.05, 0) is 31.2 Å². The van der Waals surface area contributed by atoms with E-state index in [9.17, 15) is 19.2 Å². The molecule has 2 aromatic rings. The molecular weight excluding hydrogens is 330 g/mol. The Bertz CT molecular complexity index is 928. The van der Waals surface area contributed by atoms with Crippen molar-refractivity contribution in [3.63, 3.8) is 0 Å². The van der Waals surface area contributed by atoms with Gasteiger partial charge >= 0.3 is 17.8 Å². The van der Waals surface area contributed by atoms with Gasteiger partial charge in [0.25, 0.3) is 5.56 Å². The minimum atomic E-state index is -0.811. The van der Waals surface area contributed by atoms with Crippen molar-refractivity contribution in [2.24, 2.45) is 0 Å². The summed E-state index contributed by atoms with van der Waals surface area (Å²) >= 11 is 0. The molecule has 0 spiro atoms. The van der Waals surface area contributed by atoms with Crippen LogP contribution in [0.5, 0.6) is 0 Å². The first-order valence-corrected chi connectivity index (χ1v) is 7.59. The number of carbonyl (C=O) groups is 2. The predicted molar refractivity (Wildman–Crippen MR) is 87.3 cm³/mol. The summed E-state index contributed by atoms with van der Waals surface area (Å²) in [5.74, 6) is -0.811. The summed E-state index contributed by atoms with van der Waals surface area (Å²) in [5, 5.41) is 0. The molecule has 2 heterocycles. The number of cyclic esters (lactones) is 1. The minimum absolute atomic E-state index is 0.109. The number of amides is 1. The summed E-state index contributed by atoms with van der Waals surface area (Å²) in [6, 6.07) is 6.47. The van der Waals surface area contributed by atoms with E-state index in [2.05, 4.69) is 4.98 Å². The van der Waals surface area contributed by atoms with Crippen LogP contribution < -0.4 is 16.1 Å². The summed E-state index contributed by atoms with van der Waals surface area (Å²) in [7, 11) is 0. The van der Waals surface area contributed by atoms with Gasteiger partial charge in [0, 0.05) is 11.9 Å². The first-order chi connectivity index (χ1) is 12.0. The van der Waals surface area contributed by atoms with Crippen LogP contribution in [-0.4, -0.2) is 41.4 Å². The molecule has 130 valence electrons. The van der Waals surface area contributed by atoms with Crippen LogP contribution in [0.15, 0.2) is 40.1 Å². The summed E-state index contributed by atoms with van der Waals surface area (Å²) < 4.78 is 10.8. The van der Waals surface area contributed by atoms with Crippen molar-refractivity contribution in [1.82, 2.24) is 9.55 Å². The average molecular weight is 345 g/mol. The van der Waals surface area contributed by atoms with E-state index in [0.29, 0.717) is 24.5 Å². The molecule has 1 saturated heterocycles. The predicted octanol–water partition coefficient (Wildman–Crippen LogP) is 0.659. The number of nitrogens with zero attached hydrogens (tertiary/aromatic N) is 2. The third kappa shape index (κ3) is 3.16. The Balaban J connectivity index is 1.97. The first-order valence-electron chi connectivity index (χ1n) is 7.59. The molecule has 1 aromatic heterocycles. The highest BCUT2D eigenvalue weighted by Gasteiger charge is 2.23. The van der Waals surface area contributed by atoms with E-state index in [1.165, 1.54) is 4.90 Å². The molecule has 1 N–H and O–H groups in total. The normalized spacial score (nSPS) is 13.6. The Morgan fingerprint density at radius 1 is 1.20 bits per heavy atom. The number of esters is 1. The van der Waals surface area contributed by atoms with Gasteiger partial charge in [0.15, 0.2) is 0 Å². The number of carbonyl (C=O) groups excluding carboxylic acids is 2. The van der Waals surface area contributed by atoms with E-state index in [0.717, 1.165) is 10.8 Å². The highest BCUT2D eigenvalue weighted by atomic mass is 16.6. The molecule has 1 aromatic carbocycles. The Kier molecular flexibility index (Phi) is 4.38. The molecule has 3 rings (SSSR count). The third-order valence-corrected chi connectivity index (χ3v) is 3.64. The van der Waals surface area contributed by atoms with Crippen LogP contribution >= 0.6 is 0 Å². The van der Waals surface area contributed by atoms with Gasteiger partial charge < -0.3 is 9.47 Å². The third-order valence-electron chi connectivity index (χ3n) is 3.64. The highest BCUT2D eigenvalue weighted by Crippen LogP contribution is 2.20. The maximum atomic E-state index is 12.0. The summed E-state index contributed by atoms with van der Waals surface area (Å²) in [4.78, 5) is 50.7. The van der Waals surface area contributed by atoms with Crippen molar-refractivity contribution >= 4 is 17.7 Å². The Hall–Kier alpha value is -3.36. The summed E-state index contributed by atoms with van der Waals surface area (Å²) in [6.45, 7) is 2.49. The van der Waals surface area contributed by atoms with Gasteiger partial charge in [0.2, 0.25) is 0 Å². The second-order valence-electron chi connectivity index (χ2n) is 5.17. The molecule has 1 amide bonds. The van der Waals surface area contributed by atoms with Crippen molar-refractivity contribution in [3.05, 3.63) is 56.9 Å². The minimum Gasteiger partial charge on any atom is -0.462 e. The summed E-state index contributed by atoms with van der Waals surface area (Å²) in [5.41, 5.74) is -0.728.